The molecule has 0 radical (unpaired) electrons. The van der Waals surface area contributed by atoms with Crippen molar-refractivity contribution in [2.45, 2.75) is 25.8 Å². The number of nitro groups is 1. The molecule has 0 aliphatic carbocycles. The molecule has 20 heavy (non-hydrogen) atoms. The number of amides is 2. The van der Waals surface area contributed by atoms with Crippen molar-refractivity contribution >= 4 is 17.4 Å². The highest BCUT2D eigenvalue weighted by molar-refractivity contribution is 5.91. The Balaban J connectivity index is 2.15. The van der Waals surface area contributed by atoms with E-state index in [1.807, 2.05) is 0 Å². The van der Waals surface area contributed by atoms with Crippen molar-refractivity contribution in [1.82, 2.24) is 4.90 Å². The minimum Gasteiger partial charge on any atom is -0.394 e. The number of carbonyl (C=O) groups is 1. The number of likely N-dealkylation sites (tertiary alicyclic amines) is 1. The van der Waals surface area contributed by atoms with E-state index in [2.05, 4.69) is 5.32 Å². The second-order valence-corrected chi connectivity index (χ2v) is 4.86. The van der Waals surface area contributed by atoms with Gasteiger partial charge < -0.3 is 15.3 Å². The van der Waals surface area contributed by atoms with Gasteiger partial charge in [-0.3, -0.25) is 10.1 Å². The van der Waals surface area contributed by atoms with E-state index in [0.717, 1.165) is 18.4 Å². The van der Waals surface area contributed by atoms with E-state index in [1.165, 1.54) is 12.1 Å². The molecule has 7 heteroatoms. The summed E-state index contributed by atoms with van der Waals surface area (Å²) in [6.07, 6.45) is 1.63. The number of aryl methyl sites for hydroxylation is 1. The Hall–Kier alpha value is -2.15. The highest BCUT2D eigenvalue weighted by Crippen LogP contribution is 2.24. The van der Waals surface area contributed by atoms with Gasteiger partial charge in [-0.1, -0.05) is 6.07 Å². The summed E-state index contributed by atoms with van der Waals surface area (Å²) in [7, 11) is 0. The summed E-state index contributed by atoms with van der Waals surface area (Å²) in [6.45, 7) is 2.29. The standard InChI is InChI=1S/C13H17N3O4/c1-9-4-5-10(16(19)20)7-12(9)14-13(18)15-6-2-3-11(15)8-17/h4-5,7,11,17H,2-3,6,8H2,1H3,(H,14,18)/t11-/m0/s1. The van der Waals surface area contributed by atoms with Crippen molar-refractivity contribution in [1.29, 1.82) is 0 Å². The van der Waals surface area contributed by atoms with Gasteiger partial charge in [0.25, 0.3) is 5.69 Å². The Morgan fingerprint density at radius 1 is 1.60 bits per heavy atom. The Morgan fingerprint density at radius 3 is 3.00 bits per heavy atom. The highest BCUT2D eigenvalue weighted by atomic mass is 16.6. The summed E-state index contributed by atoms with van der Waals surface area (Å²) in [5.74, 6) is 0. The molecule has 0 unspecified atom stereocenters. The lowest BCUT2D eigenvalue weighted by atomic mass is 10.2. The van der Waals surface area contributed by atoms with Gasteiger partial charge in [-0.25, -0.2) is 4.79 Å². The summed E-state index contributed by atoms with van der Waals surface area (Å²) < 4.78 is 0. The van der Waals surface area contributed by atoms with Crippen LogP contribution in [0.3, 0.4) is 0 Å². The quantitative estimate of drug-likeness (QED) is 0.652. The second-order valence-electron chi connectivity index (χ2n) is 4.86. The van der Waals surface area contributed by atoms with Crippen LogP contribution in [0.5, 0.6) is 0 Å². The number of aliphatic hydroxyl groups excluding tert-OH is 1. The molecule has 0 spiro atoms. The zero-order valence-electron chi connectivity index (χ0n) is 11.2. The predicted molar refractivity (Wildman–Crippen MR) is 73.7 cm³/mol. The largest absolute Gasteiger partial charge is 0.394 e. The predicted octanol–water partition coefficient (Wildman–Crippen LogP) is 1.89. The molecule has 1 aliphatic heterocycles. The van der Waals surface area contributed by atoms with Gasteiger partial charge in [0.15, 0.2) is 0 Å². The van der Waals surface area contributed by atoms with Gasteiger partial charge >= 0.3 is 6.03 Å². The topological polar surface area (TPSA) is 95.7 Å². The number of benzene rings is 1. The molecule has 7 nitrogen and oxygen atoms in total. The van der Waals surface area contributed by atoms with Crippen LogP contribution in [0.1, 0.15) is 18.4 Å². The molecule has 0 saturated carbocycles. The molecule has 1 aromatic carbocycles. The van der Waals surface area contributed by atoms with Crippen LogP contribution in [0.15, 0.2) is 18.2 Å². The first-order valence-corrected chi connectivity index (χ1v) is 6.46. The van der Waals surface area contributed by atoms with Crippen LogP contribution in [-0.2, 0) is 0 Å². The molecule has 108 valence electrons. The molecule has 1 fully saturated rings. The normalized spacial score (nSPS) is 18.1. The van der Waals surface area contributed by atoms with Crippen LogP contribution in [0.4, 0.5) is 16.2 Å². The number of urea groups is 1. The third kappa shape index (κ3) is 2.88. The van der Waals surface area contributed by atoms with Gasteiger partial charge in [0.1, 0.15) is 0 Å². The van der Waals surface area contributed by atoms with Crippen molar-refractivity contribution < 1.29 is 14.8 Å². The van der Waals surface area contributed by atoms with E-state index in [-0.39, 0.29) is 24.4 Å². The lowest BCUT2D eigenvalue weighted by Crippen LogP contribution is -2.40. The first-order chi connectivity index (χ1) is 9.52. The number of rotatable bonds is 3. The van der Waals surface area contributed by atoms with E-state index < -0.39 is 4.92 Å². The summed E-state index contributed by atoms with van der Waals surface area (Å²) in [5.41, 5.74) is 1.11. The number of hydrogen-bond acceptors (Lipinski definition) is 4. The molecular formula is C13H17N3O4. The lowest BCUT2D eigenvalue weighted by molar-refractivity contribution is -0.384. The molecule has 1 saturated heterocycles. The average Bonchev–Trinajstić information content (AvgIpc) is 2.89. The number of carbonyl (C=O) groups excluding carboxylic acids is 1. The van der Waals surface area contributed by atoms with E-state index >= 15 is 0 Å². The maximum absolute atomic E-state index is 12.2. The van der Waals surface area contributed by atoms with Gasteiger partial charge in [0.2, 0.25) is 0 Å². The summed E-state index contributed by atoms with van der Waals surface area (Å²) in [6, 6.07) is 3.84. The SMILES string of the molecule is Cc1ccc([N+](=O)[O-])cc1NC(=O)N1CCC[C@H]1CO. The van der Waals surface area contributed by atoms with Crippen LogP contribution >= 0.6 is 0 Å². The molecule has 2 rings (SSSR count). The Morgan fingerprint density at radius 2 is 2.35 bits per heavy atom. The van der Waals surface area contributed by atoms with Crippen LogP contribution in [0.2, 0.25) is 0 Å². The summed E-state index contributed by atoms with van der Waals surface area (Å²) >= 11 is 0. The Kier molecular flexibility index (Phi) is 4.19. The minimum atomic E-state index is -0.499. The average molecular weight is 279 g/mol. The Bertz CT molecular complexity index is 532. The number of nitro benzene ring substituents is 1. The molecular weight excluding hydrogens is 262 g/mol. The zero-order valence-corrected chi connectivity index (χ0v) is 11.2. The Labute approximate surface area is 116 Å². The third-order valence-corrected chi connectivity index (χ3v) is 3.52. The van der Waals surface area contributed by atoms with Crippen molar-refractivity contribution in [2.24, 2.45) is 0 Å². The van der Waals surface area contributed by atoms with Gasteiger partial charge in [-0.15, -0.1) is 0 Å². The molecule has 1 atom stereocenters. The fraction of sp³-hybridized carbons (Fsp3) is 0.462. The number of anilines is 1. The van der Waals surface area contributed by atoms with Crippen molar-refractivity contribution in [3.63, 3.8) is 0 Å². The highest BCUT2D eigenvalue weighted by Gasteiger charge is 2.28. The van der Waals surface area contributed by atoms with E-state index in [1.54, 1.807) is 17.9 Å². The van der Waals surface area contributed by atoms with Crippen LogP contribution in [0.25, 0.3) is 0 Å². The molecule has 1 aliphatic rings. The van der Waals surface area contributed by atoms with Crippen molar-refractivity contribution in [3.8, 4) is 0 Å². The molecule has 1 aromatic rings. The first kappa shape index (κ1) is 14.3. The molecule has 2 N–H and O–H groups in total. The molecule has 0 aromatic heterocycles. The number of hydrogen-bond donors (Lipinski definition) is 2. The second kappa shape index (κ2) is 5.87. The fourth-order valence-corrected chi connectivity index (χ4v) is 2.34. The van der Waals surface area contributed by atoms with Gasteiger partial charge in [-0.2, -0.15) is 0 Å². The maximum atomic E-state index is 12.2. The summed E-state index contributed by atoms with van der Waals surface area (Å²) in [5, 5.41) is 22.6. The van der Waals surface area contributed by atoms with Crippen molar-refractivity contribution in [3.05, 3.63) is 33.9 Å². The van der Waals surface area contributed by atoms with E-state index in [0.29, 0.717) is 12.2 Å². The van der Waals surface area contributed by atoms with Crippen LogP contribution in [-0.4, -0.2) is 40.2 Å². The van der Waals surface area contributed by atoms with Crippen LogP contribution < -0.4 is 5.32 Å². The maximum Gasteiger partial charge on any atom is 0.322 e. The fourth-order valence-electron chi connectivity index (χ4n) is 2.34. The smallest absolute Gasteiger partial charge is 0.322 e. The van der Waals surface area contributed by atoms with E-state index in [4.69, 9.17) is 0 Å². The first-order valence-electron chi connectivity index (χ1n) is 6.46. The van der Waals surface area contributed by atoms with Crippen LogP contribution in [0, 0.1) is 17.0 Å². The number of aliphatic hydroxyl groups is 1. The zero-order chi connectivity index (χ0) is 14.7. The monoisotopic (exact) mass is 279 g/mol. The lowest BCUT2D eigenvalue weighted by Gasteiger charge is -2.23. The molecule has 0 bridgehead atoms. The van der Waals surface area contributed by atoms with Gasteiger partial charge in [0, 0.05) is 18.7 Å². The molecule has 1 heterocycles. The van der Waals surface area contributed by atoms with Gasteiger partial charge in [0.05, 0.1) is 23.3 Å². The number of nitrogens with one attached hydrogen (secondary N) is 1. The summed E-state index contributed by atoms with van der Waals surface area (Å²) in [4.78, 5) is 24.0. The molecule has 2 amide bonds. The van der Waals surface area contributed by atoms with Gasteiger partial charge in [-0.05, 0) is 25.3 Å². The number of non-ortho nitro benzene ring substituents is 1. The number of nitrogens with zero attached hydrogens (tertiary/aromatic N) is 2. The van der Waals surface area contributed by atoms with E-state index in [9.17, 15) is 20.0 Å². The third-order valence-electron chi connectivity index (χ3n) is 3.52. The van der Waals surface area contributed by atoms with Crippen molar-refractivity contribution in [2.75, 3.05) is 18.5 Å². The minimum absolute atomic E-state index is 0.0639.